The molecule has 39 heavy (non-hydrogen) atoms. The molecule has 0 aliphatic carbocycles. The minimum atomic E-state index is -3.22. The van der Waals surface area contributed by atoms with E-state index in [2.05, 4.69) is 77.4 Å². The lowest BCUT2D eigenvalue weighted by molar-refractivity contribution is 0.591. The number of rotatable bonds is 5. The third-order valence-electron chi connectivity index (χ3n) is 7.18. The van der Waals surface area contributed by atoms with Crippen LogP contribution in [0, 0.1) is 0 Å². The van der Waals surface area contributed by atoms with Gasteiger partial charge >= 0.3 is 0 Å². The van der Waals surface area contributed by atoms with Crippen molar-refractivity contribution in [3.05, 3.63) is 146 Å². The van der Waals surface area contributed by atoms with Crippen molar-refractivity contribution < 1.29 is 4.57 Å². The van der Waals surface area contributed by atoms with Crippen LogP contribution in [0.4, 0.5) is 0 Å². The third-order valence-corrected chi connectivity index (χ3v) is 10.0. The SMILES string of the molecule is O=P(c1ccccc1)(c1ccccc1)c1ncc(-c2cccc(-n3c4ccccc4c4ccccc43)c2)cn1. The molecular formula is C34H24N3OP. The standard InChI is InChI=1S/C34H24N3OP/c38-39(28-14-3-1-4-15-28,29-16-5-2-6-17-29)34-35-23-26(24-36-34)25-12-11-13-27(22-25)37-32-20-9-7-18-30(32)31-19-8-10-21-33(31)37/h1-24H. The molecule has 0 radical (unpaired) electrons. The number of para-hydroxylation sites is 2. The Morgan fingerprint density at radius 2 is 1.03 bits per heavy atom. The van der Waals surface area contributed by atoms with Gasteiger partial charge in [0.25, 0.3) is 0 Å². The van der Waals surface area contributed by atoms with Crippen LogP contribution in [0.15, 0.2) is 146 Å². The van der Waals surface area contributed by atoms with E-state index in [1.165, 1.54) is 10.8 Å². The molecule has 2 aromatic heterocycles. The van der Waals surface area contributed by atoms with Gasteiger partial charge in [0.2, 0.25) is 7.14 Å². The second-order valence-electron chi connectivity index (χ2n) is 9.47. The molecule has 0 saturated carbocycles. The molecule has 7 rings (SSSR count). The van der Waals surface area contributed by atoms with Gasteiger partial charge in [-0.05, 0) is 29.8 Å². The van der Waals surface area contributed by atoms with E-state index in [1.54, 1.807) is 12.4 Å². The molecular weight excluding hydrogens is 497 g/mol. The van der Waals surface area contributed by atoms with E-state index in [0.717, 1.165) is 38.5 Å². The molecule has 0 spiro atoms. The van der Waals surface area contributed by atoms with Crippen LogP contribution < -0.4 is 16.2 Å². The van der Waals surface area contributed by atoms with E-state index in [9.17, 15) is 4.57 Å². The molecule has 7 aromatic rings. The lowest BCUT2D eigenvalue weighted by atomic mass is 10.1. The summed E-state index contributed by atoms with van der Waals surface area (Å²) < 4.78 is 16.9. The van der Waals surface area contributed by atoms with Gasteiger partial charge < -0.3 is 9.13 Å². The van der Waals surface area contributed by atoms with Crippen LogP contribution in [0.3, 0.4) is 0 Å². The first-order valence-electron chi connectivity index (χ1n) is 12.9. The second kappa shape index (κ2) is 9.50. The highest BCUT2D eigenvalue weighted by Gasteiger charge is 2.32. The second-order valence-corrected chi connectivity index (χ2v) is 12.1. The van der Waals surface area contributed by atoms with E-state index in [1.807, 2.05) is 60.7 Å². The van der Waals surface area contributed by atoms with Gasteiger partial charge in [0.1, 0.15) is 0 Å². The molecule has 0 N–H and O–H groups in total. The maximum atomic E-state index is 14.6. The Bertz CT molecular complexity index is 1880. The molecule has 0 unspecified atom stereocenters. The molecule has 0 aliphatic rings. The number of fused-ring (bicyclic) bond motifs is 3. The van der Waals surface area contributed by atoms with Crippen LogP contribution in [0.5, 0.6) is 0 Å². The largest absolute Gasteiger partial charge is 0.309 e. The van der Waals surface area contributed by atoms with E-state index in [-0.39, 0.29) is 0 Å². The van der Waals surface area contributed by atoms with Gasteiger partial charge in [-0.2, -0.15) is 0 Å². The molecule has 5 heteroatoms. The Kier molecular flexibility index (Phi) is 5.69. The molecule has 0 bridgehead atoms. The first-order chi connectivity index (χ1) is 19.2. The lowest BCUT2D eigenvalue weighted by Gasteiger charge is -2.18. The van der Waals surface area contributed by atoms with Crippen LogP contribution in [0.2, 0.25) is 0 Å². The Labute approximate surface area is 226 Å². The van der Waals surface area contributed by atoms with E-state index >= 15 is 0 Å². The van der Waals surface area contributed by atoms with Crippen molar-refractivity contribution in [3.8, 4) is 16.8 Å². The zero-order valence-electron chi connectivity index (χ0n) is 21.1. The minimum Gasteiger partial charge on any atom is -0.309 e. The molecule has 4 nitrogen and oxygen atoms in total. The van der Waals surface area contributed by atoms with Crippen molar-refractivity contribution in [1.29, 1.82) is 0 Å². The molecule has 5 aromatic carbocycles. The summed E-state index contributed by atoms with van der Waals surface area (Å²) in [6.45, 7) is 0. The lowest BCUT2D eigenvalue weighted by Crippen LogP contribution is -2.28. The van der Waals surface area contributed by atoms with Crippen LogP contribution in [-0.2, 0) is 4.57 Å². The fourth-order valence-electron chi connectivity index (χ4n) is 5.31. The number of hydrogen-bond acceptors (Lipinski definition) is 3. The van der Waals surface area contributed by atoms with Gasteiger partial charge in [-0.1, -0.05) is 109 Å². The van der Waals surface area contributed by atoms with Crippen LogP contribution in [0.25, 0.3) is 38.6 Å². The van der Waals surface area contributed by atoms with Gasteiger partial charge in [-0.15, -0.1) is 0 Å². The van der Waals surface area contributed by atoms with E-state index in [0.29, 0.717) is 5.57 Å². The van der Waals surface area contributed by atoms with Crippen molar-refractivity contribution in [2.75, 3.05) is 0 Å². The molecule has 0 amide bonds. The molecule has 0 fully saturated rings. The average Bonchev–Trinajstić information content (AvgIpc) is 3.36. The molecule has 0 atom stereocenters. The fraction of sp³-hybridized carbons (Fsp3) is 0. The predicted molar refractivity (Wildman–Crippen MR) is 161 cm³/mol. The number of aromatic nitrogens is 3. The fourth-order valence-corrected chi connectivity index (χ4v) is 7.70. The van der Waals surface area contributed by atoms with Crippen molar-refractivity contribution in [3.63, 3.8) is 0 Å². The summed E-state index contributed by atoms with van der Waals surface area (Å²) in [4.78, 5) is 9.38. The van der Waals surface area contributed by atoms with Crippen molar-refractivity contribution in [1.82, 2.24) is 14.5 Å². The van der Waals surface area contributed by atoms with Gasteiger partial charge in [-0.25, -0.2) is 9.97 Å². The topological polar surface area (TPSA) is 47.8 Å². The maximum Gasteiger partial charge on any atom is 0.206 e. The Morgan fingerprint density at radius 1 is 0.513 bits per heavy atom. The van der Waals surface area contributed by atoms with E-state index < -0.39 is 7.14 Å². The predicted octanol–water partition coefficient (Wildman–Crippen LogP) is 6.88. The van der Waals surface area contributed by atoms with Gasteiger partial charge in [0.05, 0.1) is 11.0 Å². The Balaban J connectivity index is 1.33. The monoisotopic (exact) mass is 521 g/mol. The van der Waals surface area contributed by atoms with Crippen molar-refractivity contribution in [2.45, 2.75) is 0 Å². The zero-order chi connectivity index (χ0) is 26.2. The van der Waals surface area contributed by atoms with Gasteiger partial charge in [0, 0.05) is 45.0 Å². The Morgan fingerprint density at radius 3 is 1.59 bits per heavy atom. The average molecular weight is 522 g/mol. The van der Waals surface area contributed by atoms with Crippen LogP contribution in [0.1, 0.15) is 0 Å². The minimum absolute atomic E-state index is 0.335. The molecule has 2 heterocycles. The normalized spacial score (nSPS) is 11.7. The quantitative estimate of drug-likeness (QED) is 0.232. The van der Waals surface area contributed by atoms with Gasteiger partial charge in [0.15, 0.2) is 5.57 Å². The summed E-state index contributed by atoms with van der Waals surface area (Å²) in [7, 11) is -3.22. The first kappa shape index (κ1) is 23.3. The zero-order valence-corrected chi connectivity index (χ0v) is 21.9. The van der Waals surface area contributed by atoms with Crippen molar-refractivity contribution >= 4 is 45.1 Å². The highest BCUT2D eigenvalue weighted by Crippen LogP contribution is 2.41. The number of hydrogen-bond donors (Lipinski definition) is 0. The number of benzene rings is 5. The highest BCUT2D eigenvalue weighted by atomic mass is 31.2. The summed E-state index contributed by atoms with van der Waals surface area (Å²) >= 11 is 0. The molecule has 0 saturated heterocycles. The first-order valence-corrected chi connectivity index (χ1v) is 14.6. The highest BCUT2D eigenvalue weighted by molar-refractivity contribution is 7.84. The van der Waals surface area contributed by atoms with Gasteiger partial charge in [-0.3, -0.25) is 0 Å². The molecule has 186 valence electrons. The summed E-state index contributed by atoms with van der Waals surface area (Å²) in [5.74, 6) is 0. The summed E-state index contributed by atoms with van der Waals surface area (Å²) in [6.07, 6.45) is 3.57. The third kappa shape index (κ3) is 3.89. The summed E-state index contributed by atoms with van der Waals surface area (Å²) in [5, 5.41) is 3.89. The maximum absolute atomic E-state index is 14.6. The molecule has 0 aliphatic heterocycles. The number of nitrogens with zero attached hydrogens (tertiary/aromatic N) is 3. The van der Waals surface area contributed by atoms with Crippen LogP contribution in [-0.4, -0.2) is 14.5 Å². The van der Waals surface area contributed by atoms with Crippen molar-refractivity contribution in [2.24, 2.45) is 0 Å². The Hall–Kier alpha value is -4.79. The summed E-state index contributed by atoms with van der Waals surface area (Å²) in [5.41, 5.74) is 5.59. The summed E-state index contributed by atoms with van der Waals surface area (Å²) in [6, 6.07) is 44.4. The smallest absolute Gasteiger partial charge is 0.206 e. The van der Waals surface area contributed by atoms with E-state index in [4.69, 9.17) is 9.97 Å². The van der Waals surface area contributed by atoms with Crippen LogP contribution >= 0.6 is 7.14 Å².